The minimum Gasteiger partial charge on any atom is -0.496 e. The molecule has 0 atom stereocenters. The predicted octanol–water partition coefficient (Wildman–Crippen LogP) is 1.53. The van der Waals surface area contributed by atoms with E-state index in [-0.39, 0.29) is 12.5 Å². The molecule has 0 bridgehead atoms. The molecule has 0 aliphatic carbocycles. The highest BCUT2D eigenvalue weighted by atomic mass is 19.4. The van der Waals surface area contributed by atoms with Gasteiger partial charge in [0.1, 0.15) is 5.75 Å². The predicted molar refractivity (Wildman–Crippen MR) is 88.6 cm³/mol. The van der Waals surface area contributed by atoms with Crippen molar-refractivity contribution in [2.24, 2.45) is 0 Å². The number of amides is 1. The van der Waals surface area contributed by atoms with Crippen molar-refractivity contribution in [2.75, 3.05) is 52.9 Å². The van der Waals surface area contributed by atoms with Crippen LogP contribution in [-0.4, -0.2) is 74.8 Å². The summed E-state index contributed by atoms with van der Waals surface area (Å²) >= 11 is 0. The molecule has 1 aromatic carbocycles. The Kier molecular flexibility index (Phi) is 7.07. The molecule has 0 aromatic heterocycles. The number of halogens is 3. The number of carbonyl (C=O) groups excluding carboxylic acids is 1. The number of benzene rings is 1. The molecule has 0 spiro atoms. The van der Waals surface area contributed by atoms with Crippen molar-refractivity contribution < 1.29 is 22.7 Å². The van der Waals surface area contributed by atoms with Gasteiger partial charge in [0, 0.05) is 32.7 Å². The van der Waals surface area contributed by atoms with Crippen LogP contribution >= 0.6 is 0 Å². The molecule has 0 unspecified atom stereocenters. The first-order chi connectivity index (χ1) is 11.9. The molecule has 1 fully saturated rings. The van der Waals surface area contributed by atoms with Crippen molar-refractivity contribution in [3.05, 3.63) is 29.8 Å². The summed E-state index contributed by atoms with van der Waals surface area (Å²) in [5.41, 5.74) is 1.02. The van der Waals surface area contributed by atoms with Gasteiger partial charge in [-0.05, 0) is 18.1 Å². The van der Waals surface area contributed by atoms with Gasteiger partial charge in [0.05, 0.1) is 20.2 Å². The fraction of sp³-hybridized carbons (Fsp3) is 0.588. The number of ether oxygens (including phenoxy) is 1. The summed E-state index contributed by atoms with van der Waals surface area (Å²) in [4.78, 5) is 15.2. The highest BCUT2D eigenvalue weighted by Crippen LogP contribution is 2.18. The number of hydrogen-bond acceptors (Lipinski definition) is 4. The van der Waals surface area contributed by atoms with Gasteiger partial charge in [-0.3, -0.25) is 14.6 Å². The smallest absolute Gasteiger partial charge is 0.401 e. The fourth-order valence-corrected chi connectivity index (χ4v) is 2.86. The van der Waals surface area contributed by atoms with Gasteiger partial charge in [0.15, 0.2) is 0 Å². The van der Waals surface area contributed by atoms with Gasteiger partial charge in [-0.15, -0.1) is 0 Å². The van der Waals surface area contributed by atoms with E-state index in [1.807, 2.05) is 29.2 Å². The molecule has 0 radical (unpaired) electrons. The first-order valence-electron chi connectivity index (χ1n) is 8.27. The van der Waals surface area contributed by atoms with Gasteiger partial charge in [-0.25, -0.2) is 0 Å². The topological polar surface area (TPSA) is 44.8 Å². The summed E-state index contributed by atoms with van der Waals surface area (Å²) in [5, 5.41) is 2.85. The van der Waals surface area contributed by atoms with E-state index in [0.717, 1.165) is 11.3 Å². The SMILES string of the molecule is COc1ccccc1CCNC(=O)CN1CCN(CC(F)(F)F)CC1. The maximum atomic E-state index is 12.4. The van der Waals surface area contributed by atoms with Crippen LogP contribution in [0.1, 0.15) is 5.56 Å². The lowest BCUT2D eigenvalue weighted by molar-refractivity contribution is -0.149. The largest absolute Gasteiger partial charge is 0.496 e. The maximum Gasteiger partial charge on any atom is 0.401 e. The zero-order valence-electron chi connectivity index (χ0n) is 14.3. The van der Waals surface area contributed by atoms with Crippen LogP contribution < -0.4 is 10.1 Å². The lowest BCUT2D eigenvalue weighted by atomic mass is 10.1. The van der Waals surface area contributed by atoms with Crippen molar-refractivity contribution >= 4 is 5.91 Å². The molecule has 1 aliphatic heterocycles. The minimum atomic E-state index is -4.17. The zero-order chi connectivity index (χ0) is 18.3. The van der Waals surface area contributed by atoms with Crippen LogP contribution in [0.3, 0.4) is 0 Å². The summed E-state index contributed by atoms with van der Waals surface area (Å²) in [6.45, 7) is 1.42. The molecule has 1 amide bonds. The molecule has 25 heavy (non-hydrogen) atoms. The first kappa shape index (κ1) is 19.5. The number of hydrogen-bond donors (Lipinski definition) is 1. The normalized spacial score (nSPS) is 16.6. The molecular formula is C17H24F3N3O2. The van der Waals surface area contributed by atoms with Gasteiger partial charge >= 0.3 is 6.18 Å². The van der Waals surface area contributed by atoms with Crippen molar-refractivity contribution in [3.8, 4) is 5.75 Å². The van der Waals surface area contributed by atoms with E-state index in [4.69, 9.17) is 4.74 Å². The Hall–Kier alpha value is -1.80. The number of alkyl halides is 3. The average Bonchev–Trinajstić information content (AvgIpc) is 2.56. The molecule has 1 N–H and O–H groups in total. The van der Waals surface area contributed by atoms with Crippen molar-refractivity contribution in [1.82, 2.24) is 15.1 Å². The van der Waals surface area contributed by atoms with E-state index in [1.165, 1.54) is 4.90 Å². The lowest BCUT2D eigenvalue weighted by Crippen LogP contribution is -2.51. The van der Waals surface area contributed by atoms with E-state index in [0.29, 0.717) is 39.1 Å². The molecule has 5 nitrogen and oxygen atoms in total. The van der Waals surface area contributed by atoms with Gasteiger partial charge in [0.25, 0.3) is 0 Å². The Bertz CT molecular complexity index is 558. The second-order valence-corrected chi connectivity index (χ2v) is 6.08. The number of nitrogens with zero attached hydrogens (tertiary/aromatic N) is 2. The van der Waals surface area contributed by atoms with E-state index < -0.39 is 12.7 Å². The third-order valence-electron chi connectivity index (χ3n) is 4.14. The van der Waals surface area contributed by atoms with Gasteiger partial charge < -0.3 is 10.1 Å². The number of nitrogens with one attached hydrogen (secondary N) is 1. The summed E-state index contributed by atoms with van der Waals surface area (Å²) in [6.07, 6.45) is -3.51. The molecule has 140 valence electrons. The van der Waals surface area contributed by atoms with Crippen molar-refractivity contribution in [1.29, 1.82) is 0 Å². The number of rotatable bonds is 7. The van der Waals surface area contributed by atoms with Crippen LogP contribution in [0.5, 0.6) is 5.75 Å². The molecule has 0 saturated carbocycles. The number of para-hydroxylation sites is 1. The Morgan fingerprint density at radius 3 is 2.44 bits per heavy atom. The maximum absolute atomic E-state index is 12.4. The van der Waals surface area contributed by atoms with Crippen LogP contribution in [0.15, 0.2) is 24.3 Å². The first-order valence-corrected chi connectivity index (χ1v) is 8.27. The van der Waals surface area contributed by atoms with E-state index in [9.17, 15) is 18.0 Å². The third kappa shape index (κ3) is 6.91. The fourth-order valence-electron chi connectivity index (χ4n) is 2.86. The summed E-state index contributed by atoms with van der Waals surface area (Å²) in [7, 11) is 1.61. The Morgan fingerprint density at radius 1 is 1.16 bits per heavy atom. The summed E-state index contributed by atoms with van der Waals surface area (Å²) in [6, 6.07) is 7.63. The Morgan fingerprint density at radius 2 is 1.80 bits per heavy atom. The second-order valence-electron chi connectivity index (χ2n) is 6.08. The van der Waals surface area contributed by atoms with E-state index in [1.54, 1.807) is 7.11 Å². The van der Waals surface area contributed by atoms with Gasteiger partial charge in [0.2, 0.25) is 5.91 Å². The van der Waals surface area contributed by atoms with Crippen LogP contribution in [0, 0.1) is 0 Å². The molecule has 1 aliphatic rings. The average molecular weight is 359 g/mol. The number of piperazine rings is 1. The highest BCUT2D eigenvalue weighted by molar-refractivity contribution is 5.78. The van der Waals surface area contributed by atoms with Gasteiger partial charge in [-0.1, -0.05) is 18.2 Å². The third-order valence-corrected chi connectivity index (χ3v) is 4.14. The number of methoxy groups -OCH3 is 1. The zero-order valence-corrected chi connectivity index (χ0v) is 14.3. The van der Waals surface area contributed by atoms with Crippen molar-refractivity contribution in [3.63, 3.8) is 0 Å². The van der Waals surface area contributed by atoms with Crippen molar-refractivity contribution in [2.45, 2.75) is 12.6 Å². The van der Waals surface area contributed by atoms with Crippen LogP contribution in [0.4, 0.5) is 13.2 Å². The molecular weight excluding hydrogens is 335 g/mol. The van der Waals surface area contributed by atoms with E-state index >= 15 is 0 Å². The lowest BCUT2D eigenvalue weighted by Gasteiger charge is -2.34. The molecule has 8 heteroatoms. The quantitative estimate of drug-likeness (QED) is 0.802. The van der Waals surface area contributed by atoms with Crippen LogP contribution in [-0.2, 0) is 11.2 Å². The number of carbonyl (C=O) groups is 1. The van der Waals surface area contributed by atoms with Gasteiger partial charge in [-0.2, -0.15) is 13.2 Å². The highest BCUT2D eigenvalue weighted by Gasteiger charge is 2.32. The molecule has 2 rings (SSSR count). The molecule has 1 saturated heterocycles. The Balaban J connectivity index is 1.66. The summed E-state index contributed by atoms with van der Waals surface area (Å²) < 4.78 is 42.3. The van der Waals surface area contributed by atoms with Crippen LogP contribution in [0.2, 0.25) is 0 Å². The monoisotopic (exact) mass is 359 g/mol. The van der Waals surface area contributed by atoms with Crippen LogP contribution in [0.25, 0.3) is 0 Å². The minimum absolute atomic E-state index is 0.112. The second kappa shape index (κ2) is 9.05. The summed E-state index contributed by atoms with van der Waals surface area (Å²) in [5.74, 6) is 0.678. The van der Waals surface area contributed by atoms with E-state index in [2.05, 4.69) is 5.32 Å². The Labute approximate surface area is 145 Å². The molecule has 1 heterocycles. The molecule has 1 aromatic rings. The standard InChI is InChI=1S/C17H24F3N3O2/c1-25-15-5-3-2-4-14(15)6-7-21-16(24)12-22-8-10-23(11-9-22)13-17(18,19)20/h2-5H,6-13H2,1H3,(H,21,24).